The van der Waals surface area contributed by atoms with Gasteiger partial charge in [-0.05, 0) is 59.9 Å². The molecule has 0 aromatic heterocycles. The first-order valence-electron chi connectivity index (χ1n) is 11.1. The Morgan fingerprint density at radius 3 is 2.16 bits per heavy atom. The predicted molar refractivity (Wildman–Crippen MR) is 137 cm³/mol. The maximum absolute atomic E-state index is 12.5. The van der Waals surface area contributed by atoms with Crippen LogP contribution in [-0.2, 0) is 6.42 Å². The second-order valence-corrected chi connectivity index (χ2v) is 9.82. The van der Waals surface area contributed by atoms with E-state index in [0.717, 1.165) is 22.6 Å². The van der Waals surface area contributed by atoms with E-state index < -0.39 is 0 Å². The van der Waals surface area contributed by atoms with E-state index in [4.69, 9.17) is 11.6 Å². The minimum Gasteiger partial charge on any atom is -0.352 e. The zero-order valence-electron chi connectivity index (χ0n) is 18.4. The van der Waals surface area contributed by atoms with Gasteiger partial charge >= 0.3 is 0 Å². The Hall–Kier alpha value is -2.27. The van der Waals surface area contributed by atoms with Crippen molar-refractivity contribution in [3.63, 3.8) is 0 Å². The summed E-state index contributed by atoms with van der Waals surface area (Å²) in [6.45, 7) is 5.25. The number of amides is 1. The second kappa shape index (κ2) is 11.0. The van der Waals surface area contributed by atoms with Gasteiger partial charge in [-0.1, -0.05) is 60.1 Å². The molecule has 0 aliphatic carbocycles. The van der Waals surface area contributed by atoms with E-state index in [1.165, 1.54) is 35.7 Å². The molecule has 1 atom stereocenters. The molecule has 0 saturated carbocycles. The molecule has 32 heavy (non-hydrogen) atoms. The Morgan fingerprint density at radius 1 is 0.938 bits per heavy atom. The molecule has 4 rings (SSSR count). The number of carbonyl (C=O) groups excluding carboxylic acids is 1. The fourth-order valence-corrected chi connectivity index (χ4v) is 5.07. The zero-order chi connectivity index (χ0) is 22.3. The van der Waals surface area contributed by atoms with Crippen molar-refractivity contribution in [2.45, 2.75) is 19.4 Å². The van der Waals surface area contributed by atoms with Gasteiger partial charge in [0.1, 0.15) is 0 Å². The summed E-state index contributed by atoms with van der Waals surface area (Å²) in [6, 6.07) is 24.7. The Morgan fingerprint density at radius 2 is 1.53 bits per heavy atom. The molecule has 3 nitrogen and oxygen atoms in total. The number of hydrogen-bond acceptors (Lipinski definition) is 3. The van der Waals surface area contributed by atoms with Crippen molar-refractivity contribution in [3.05, 3.63) is 94.5 Å². The highest BCUT2D eigenvalue weighted by atomic mass is 35.5. The molecule has 3 aromatic carbocycles. The third-order valence-corrected chi connectivity index (χ3v) is 7.27. The fourth-order valence-electron chi connectivity index (χ4n) is 4.02. The molecule has 1 amide bonds. The summed E-state index contributed by atoms with van der Waals surface area (Å²) < 4.78 is 0. The number of carbonyl (C=O) groups is 1. The van der Waals surface area contributed by atoms with Gasteiger partial charge in [-0.15, -0.1) is 0 Å². The molecule has 5 heteroatoms. The lowest BCUT2D eigenvalue weighted by Crippen LogP contribution is -2.34. The van der Waals surface area contributed by atoms with E-state index in [1.54, 1.807) is 0 Å². The van der Waals surface area contributed by atoms with Crippen LogP contribution in [-0.4, -0.2) is 41.9 Å². The molecule has 1 N–H and O–H groups in total. The summed E-state index contributed by atoms with van der Waals surface area (Å²) in [4.78, 5) is 15.1. The van der Waals surface area contributed by atoms with Crippen LogP contribution in [0.15, 0.2) is 72.8 Å². The molecule has 1 heterocycles. The van der Waals surface area contributed by atoms with Crippen LogP contribution in [0.3, 0.4) is 0 Å². The average molecular weight is 465 g/mol. The second-order valence-electron chi connectivity index (χ2n) is 8.16. The number of halogens is 1. The first-order chi connectivity index (χ1) is 15.6. The molecule has 3 aromatic rings. The highest BCUT2D eigenvalue weighted by Crippen LogP contribution is 2.24. The van der Waals surface area contributed by atoms with Crippen molar-refractivity contribution in [1.29, 1.82) is 0 Å². The molecule has 0 bridgehead atoms. The summed E-state index contributed by atoms with van der Waals surface area (Å²) in [5.41, 5.74) is 5.43. The molecular formula is C27H29ClN2OS. The number of thioether (sulfide) groups is 1. The van der Waals surface area contributed by atoms with Crippen molar-refractivity contribution >= 4 is 29.3 Å². The van der Waals surface area contributed by atoms with Gasteiger partial charge in [-0.25, -0.2) is 0 Å². The lowest BCUT2D eigenvalue weighted by Gasteiger charge is -2.32. The Balaban J connectivity index is 1.26. The standard InChI is InChI=1S/C27H29ClN2OS/c1-20(30-16-18-32-19-17-30)22-4-2-21(3-5-22)14-15-29-27(31)25-8-6-23(7-9-25)24-10-12-26(28)13-11-24/h2-13,20H,14-19H2,1H3,(H,29,31). The Labute approximate surface area is 200 Å². The molecule has 1 saturated heterocycles. The topological polar surface area (TPSA) is 32.3 Å². The highest BCUT2D eigenvalue weighted by molar-refractivity contribution is 7.99. The molecule has 0 spiro atoms. The van der Waals surface area contributed by atoms with Gasteiger partial charge in [-0.2, -0.15) is 11.8 Å². The first-order valence-corrected chi connectivity index (χ1v) is 12.7. The van der Waals surface area contributed by atoms with Gasteiger partial charge < -0.3 is 5.32 Å². The number of hydrogen-bond donors (Lipinski definition) is 1. The van der Waals surface area contributed by atoms with Crippen LogP contribution >= 0.6 is 23.4 Å². The van der Waals surface area contributed by atoms with Crippen molar-refractivity contribution in [1.82, 2.24) is 10.2 Å². The third-order valence-electron chi connectivity index (χ3n) is 6.08. The number of rotatable bonds is 7. The monoisotopic (exact) mass is 464 g/mol. The van der Waals surface area contributed by atoms with E-state index in [2.05, 4.69) is 41.4 Å². The van der Waals surface area contributed by atoms with E-state index in [1.807, 2.05) is 60.3 Å². The van der Waals surface area contributed by atoms with E-state index in [-0.39, 0.29) is 5.91 Å². The molecule has 0 radical (unpaired) electrons. The van der Waals surface area contributed by atoms with Gasteiger partial charge in [0, 0.05) is 47.8 Å². The molecule has 1 aliphatic rings. The summed E-state index contributed by atoms with van der Waals surface area (Å²) in [6.07, 6.45) is 0.823. The van der Waals surface area contributed by atoms with Crippen molar-refractivity contribution in [2.24, 2.45) is 0 Å². The zero-order valence-corrected chi connectivity index (χ0v) is 20.0. The van der Waals surface area contributed by atoms with E-state index in [9.17, 15) is 4.79 Å². The average Bonchev–Trinajstić information content (AvgIpc) is 2.85. The van der Waals surface area contributed by atoms with Crippen molar-refractivity contribution < 1.29 is 4.79 Å². The lowest BCUT2D eigenvalue weighted by atomic mass is 10.0. The van der Waals surface area contributed by atoms with Crippen LogP contribution < -0.4 is 5.32 Å². The summed E-state index contributed by atoms with van der Waals surface area (Å²) in [5.74, 6) is 2.42. The number of benzene rings is 3. The van der Waals surface area contributed by atoms with Gasteiger partial charge in [0.2, 0.25) is 0 Å². The number of nitrogens with one attached hydrogen (secondary N) is 1. The lowest BCUT2D eigenvalue weighted by molar-refractivity contribution is 0.0954. The van der Waals surface area contributed by atoms with Gasteiger partial charge in [0.25, 0.3) is 5.91 Å². The van der Waals surface area contributed by atoms with Crippen LogP contribution in [0.5, 0.6) is 0 Å². The summed E-state index contributed by atoms with van der Waals surface area (Å²) in [7, 11) is 0. The van der Waals surface area contributed by atoms with Crippen molar-refractivity contribution in [2.75, 3.05) is 31.1 Å². The van der Waals surface area contributed by atoms with Crippen LogP contribution in [0.4, 0.5) is 0 Å². The Kier molecular flexibility index (Phi) is 7.90. The van der Waals surface area contributed by atoms with E-state index in [0.29, 0.717) is 18.2 Å². The molecule has 1 fully saturated rings. The SMILES string of the molecule is CC(c1ccc(CCNC(=O)c2ccc(-c3ccc(Cl)cc3)cc2)cc1)N1CCSCC1. The van der Waals surface area contributed by atoms with Gasteiger partial charge in [0.05, 0.1) is 0 Å². The van der Waals surface area contributed by atoms with Crippen LogP contribution in [0.2, 0.25) is 5.02 Å². The minimum absolute atomic E-state index is 0.0409. The van der Waals surface area contributed by atoms with Crippen LogP contribution in [0.1, 0.15) is 34.5 Å². The predicted octanol–water partition coefficient (Wildman–Crippen LogP) is 6.09. The largest absolute Gasteiger partial charge is 0.352 e. The van der Waals surface area contributed by atoms with Gasteiger partial charge in [-0.3, -0.25) is 9.69 Å². The molecular weight excluding hydrogens is 436 g/mol. The van der Waals surface area contributed by atoms with Crippen LogP contribution in [0.25, 0.3) is 11.1 Å². The first kappa shape index (κ1) is 22.9. The normalized spacial score (nSPS) is 15.3. The van der Waals surface area contributed by atoms with E-state index >= 15 is 0 Å². The van der Waals surface area contributed by atoms with Crippen LogP contribution in [0, 0.1) is 0 Å². The fraction of sp³-hybridized carbons (Fsp3) is 0.296. The Bertz CT molecular complexity index is 1010. The van der Waals surface area contributed by atoms with Gasteiger partial charge in [0.15, 0.2) is 0 Å². The third kappa shape index (κ3) is 5.94. The maximum atomic E-state index is 12.5. The maximum Gasteiger partial charge on any atom is 0.251 e. The summed E-state index contributed by atoms with van der Waals surface area (Å²) >= 11 is 8.00. The molecule has 166 valence electrons. The highest BCUT2D eigenvalue weighted by Gasteiger charge is 2.18. The smallest absolute Gasteiger partial charge is 0.251 e. The van der Waals surface area contributed by atoms with Crippen molar-refractivity contribution in [3.8, 4) is 11.1 Å². The summed E-state index contributed by atoms with van der Waals surface area (Å²) in [5, 5.41) is 3.75. The quantitative estimate of drug-likeness (QED) is 0.459. The number of nitrogens with zero attached hydrogens (tertiary/aromatic N) is 1. The molecule has 1 aliphatic heterocycles. The molecule has 1 unspecified atom stereocenters. The minimum atomic E-state index is -0.0409.